The lowest BCUT2D eigenvalue weighted by Crippen LogP contribution is -2.25. The van der Waals surface area contributed by atoms with Crippen LogP contribution in [0.4, 0.5) is 0 Å². The number of hydrogen-bond acceptors (Lipinski definition) is 3. The number of carbonyl (C=O) groups excluding carboxylic acids is 1. The Balaban J connectivity index is 1.37. The van der Waals surface area contributed by atoms with Crippen LogP contribution < -0.4 is 4.74 Å². The first kappa shape index (κ1) is 11.7. The average Bonchev–Trinajstić information content (AvgIpc) is 3.10. The lowest BCUT2D eigenvalue weighted by atomic mass is 10.2. The molecule has 18 heavy (non-hydrogen) atoms. The zero-order chi connectivity index (χ0) is 12.4. The molecule has 95 valence electrons. The van der Waals surface area contributed by atoms with E-state index in [0.717, 1.165) is 37.3 Å². The van der Waals surface area contributed by atoms with Crippen LogP contribution in [0.5, 0.6) is 5.75 Å². The summed E-state index contributed by atoms with van der Waals surface area (Å²) < 4.78 is 5.66. The molecule has 0 unspecified atom stereocenters. The molecule has 1 heterocycles. The number of rotatable bonds is 6. The van der Waals surface area contributed by atoms with Crippen LogP contribution in [0.25, 0.3) is 0 Å². The summed E-state index contributed by atoms with van der Waals surface area (Å²) in [5.41, 5.74) is 0.569. The van der Waals surface area contributed by atoms with Gasteiger partial charge in [-0.3, -0.25) is 9.69 Å². The SMILES string of the molecule is O=[C]c1ccc(OCCCN2CC[C@H]3C[C@H]32)cc1. The lowest BCUT2D eigenvalue weighted by molar-refractivity contribution is 0.247. The Kier molecular flexibility index (Phi) is 3.33. The van der Waals surface area contributed by atoms with Crippen LogP contribution in [-0.4, -0.2) is 36.9 Å². The van der Waals surface area contributed by atoms with Gasteiger partial charge in [0.25, 0.3) is 0 Å². The van der Waals surface area contributed by atoms with Gasteiger partial charge in [0, 0.05) is 18.2 Å². The summed E-state index contributed by atoms with van der Waals surface area (Å²) in [4.78, 5) is 13.0. The van der Waals surface area contributed by atoms with E-state index in [2.05, 4.69) is 4.90 Å². The Labute approximate surface area is 108 Å². The van der Waals surface area contributed by atoms with Gasteiger partial charge in [0.15, 0.2) is 0 Å². The van der Waals surface area contributed by atoms with Crippen molar-refractivity contribution in [3.05, 3.63) is 29.8 Å². The van der Waals surface area contributed by atoms with Gasteiger partial charge in [-0.2, -0.15) is 0 Å². The lowest BCUT2D eigenvalue weighted by Gasteiger charge is -2.17. The molecule has 0 N–H and O–H groups in total. The zero-order valence-corrected chi connectivity index (χ0v) is 10.5. The number of ether oxygens (including phenoxy) is 1. The average molecular weight is 244 g/mol. The number of likely N-dealkylation sites (tertiary alicyclic amines) is 1. The summed E-state index contributed by atoms with van der Waals surface area (Å²) in [6, 6.07) is 8.02. The van der Waals surface area contributed by atoms with Gasteiger partial charge < -0.3 is 4.74 Å². The number of piperidine rings is 1. The summed E-state index contributed by atoms with van der Waals surface area (Å²) in [5.74, 6) is 1.85. The molecule has 0 aromatic heterocycles. The monoisotopic (exact) mass is 244 g/mol. The molecular formula is C15H18NO2. The Morgan fingerprint density at radius 2 is 2.17 bits per heavy atom. The number of nitrogens with zero attached hydrogens (tertiary/aromatic N) is 1. The fraction of sp³-hybridized carbons (Fsp3) is 0.533. The van der Waals surface area contributed by atoms with Crippen molar-refractivity contribution >= 4 is 6.29 Å². The minimum absolute atomic E-state index is 0.569. The van der Waals surface area contributed by atoms with E-state index in [1.807, 2.05) is 18.4 Å². The van der Waals surface area contributed by atoms with Crippen molar-refractivity contribution in [2.75, 3.05) is 19.7 Å². The smallest absolute Gasteiger partial charge is 0.233 e. The molecule has 1 radical (unpaired) electrons. The molecule has 0 amide bonds. The van der Waals surface area contributed by atoms with Crippen LogP contribution in [0.2, 0.25) is 0 Å². The van der Waals surface area contributed by atoms with Gasteiger partial charge in [-0.1, -0.05) is 0 Å². The Bertz CT molecular complexity index is 415. The van der Waals surface area contributed by atoms with E-state index in [1.54, 1.807) is 12.1 Å². The Morgan fingerprint density at radius 3 is 2.78 bits per heavy atom. The summed E-state index contributed by atoms with van der Waals surface area (Å²) in [6.45, 7) is 3.18. The summed E-state index contributed by atoms with van der Waals surface area (Å²) >= 11 is 0. The Hall–Kier alpha value is -1.35. The maximum Gasteiger partial charge on any atom is 0.233 e. The van der Waals surface area contributed by atoms with Crippen LogP contribution in [0.3, 0.4) is 0 Å². The maximum atomic E-state index is 10.4. The van der Waals surface area contributed by atoms with Crippen LogP contribution in [0, 0.1) is 5.92 Å². The minimum Gasteiger partial charge on any atom is -0.494 e. The molecule has 3 nitrogen and oxygen atoms in total. The third-order valence-corrected chi connectivity index (χ3v) is 3.97. The van der Waals surface area contributed by atoms with Crippen LogP contribution >= 0.6 is 0 Å². The van der Waals surface area contributed by atoms with E-state index in [4.69, 9.17) is 4.74 Å². The first-order valence-electron chi connectivity index (χ1n) is 6.72. The number of benzene rings is 1. The molecule has 3 rings (SSSR count). The normalized spacial score (nSPS) is 25.8. The first-order chi connectivity index (χ1) is 8.86. The second-order valence-electron chi connectivity index (χ2n) is 5.22. The minimum atomic E-state index is 0.569. The zero-order valence-electron chi connectivity index (χ0n) is 10.5. The Morgan fingerprint density at radius 1 is 1.33 bits per heavy atom. The van der Waals surface area contributed by atoms with Gasteiger partial charge in [0.05, 0.1) is 6.61 Å². The van der Waals surface area contributed by atoms with Crippen molar-refractivity contribution < 1.29 is 9.53 Å². The molecule has 0 bridgehead atoms. The van der Waals surface area contributed by atoms with E-state index in [-0.39, 0.29) is 0 Å². The molecule has 1 saturated carbocycles. The molecular weight excluding hydrogens is 226 g/mol. The molecule has 1 saturated heterocycles. The van der Waals surface area contributed by atoms with Gasteiger partial charge in [-0.15, -0.1) is 0 Å². The van der Waals surface area contributed by atoms with Crippen molar-refractivity contribution in [2.45, 2.75) is 25.3 Å². The van der Waals surface area contributed by atoms with Crippen molar-refractivity contribution in [1.29, 1.82) is 0 Å². The van der Waals surface area contributed by atoms with E-state index in [0.29, 0.717) is 5.56 Å². The molecule has 2 fully saturated rings. The number of fused-ring (bicyclic) bond motifs is 1. The van der Waals surface area contributed by atoms with E-state index in [9.17, 15) is 4.79 Å². The maximum absolute atomic E-state index is 10.4. The third-order valence-electron chi connectivity index (χ3n) is 3.97. The second-order valence-corrected chi connectivity index (χ2v) is 5.22. The highest BCUT2D eigenvalue weighted by atomic mass is 16.5. The van der Waals surface area contributed by atoms with Crippen LogP contribution in [-0.2, 0) is 4.79 Å². The topological polar surface area (TPSA) is 29.5 Å². The third kappa shape index (κ3) is 2.56. The summed E-state index contributed by atoms with van der Waals surface area (Å²) in [7, 11) is 0. The van der Waals surface area contributed by atoms with Gasteiger partial charge in [-0.05, 0) is 56.0 Å². The highest BCUT2D eigenvalue weighted by Crippen LogP contribution is 2.44. The van der Waals surface area contributed by atoms with Crippen molar-refractivity contribution in [2.24, 2.45) is 5.92 Å². The molecule has 0 spiro atoms. The van der Waals surface area contributed by atoms with Gasteiger partial charge in [0.1, 0.15) is 5.75 Å². The molecule has 1 aliphatic carbocycles. The summed E-state index contributed by atoms with van der Waals surface area (Å²) in [5, 5.41) is 0. The first-order valence-corrected chi connectivity index (χ1v) is 6.72. The van der Waals surface area contributed by atoms with Gasteiger partial charge in [-0.25, -0.2) is 0 Å². The number of hydrogen-bond donors (Lipinski definition) is 0. The standard InChI is InChI=1S/C15H18NO2/c17-11-12-2-4-14(5-3-12)18-9-1-7-16-8-6-13-10-15(13)16/h2-5,13,15H,1,6-10H2/t13-,15+/m0/s1. The van der Waals surface area contributed by atoms with Crippen molar-refractivity contribution in [3.8, 4) is 5.75 Å². The van der Waals surface area contributed by atoms with Gasteiger partial charge in [0.2, 0.25) is 6.29 Å². The molecule has 2 atom stereocenters. The molecule has 3 heteroatoms. The second kappa shape index (κ2) is 5.11. The van der Waals surface area contributed by atoms with Crippen molar-refractivity contribution in [3.63, 3.8) is 0 Å². The van der Waals surface area contributed by atoms with Crippen LogP contribution in [0.15, 0.2) is 24.3 Å². The fourth-order valence-corrected chi connectivity index (χ4v) is 2.84. The highest BCUT2D eigenvalue weighted by molar-refractivity contribution is 5.75. The summed E-state index contributed by atoms with van der Waals surface area (Å²) in [6.07, 6.45) is 5.75. The predicted molar refractivity (Wildman–Crippen MR) is 69.4 cm³/mol. The quantitative estimate of drug-likeness (QED) is 0.717. The van der Waals surface area contributed by atoms with E-state index in [1.165, 1.54) is 19.4 Å². The van der Waals surface area contributed by atoms with Gasteiger partial charge >= 0.3 is 0 Å². The molecule has 1 aromatic carbocycles. The molecule has 2 aliphatic rings. The largest absolute Gasteiger partial charge is 0.494 e. The predicted octanol–water partition coefficient (Wildman–Crippen LogP) is 2.01. The fourth-order valence-electron chi connectivity index (χ4n) is 2.84. The van der Waals surface area contributed by atoms with E-state index < -0.39 is 0 Å². The highest BCUT2D eigenvalue weighted by Gasteiger charge is 2.46. The van der Waals surface area contributed by atoms with E-state index >= 15 is 0 Å². The molecule has 1 aromatic rings. The van der Waals surface area contributed by atoms with Crippen LogP contribution in [0.1, 0.15) is 24.8 Å². The van der Waals surface area contributed by atoms with Crippen molar-refractivity contribution in [1.82, 2.24) is 4.90 Å². The molecule has 1 aliphatic heterocycles.